The monoisotopic (exact) mass is 568 g/mol. The standard InChI is InChI=1S/C25H32N4O5S2.ClH/c1-5-11-28(12-6-2)36(31,32)19-9-7-18(8-10-19)24(30)29(14-13-27(3)4)25-26-20-15-21-22(34-17-33-21)16-23(20)35-25;/h7-10,15-16H,5-6,11-14,17H2,1-4H3;1H. The second-order valence-corrected chi connectivity index (χ2v) is 11.8. The SMILES string of the molecule is CCCN(CCC)S(=O)(=O)c1ccc(C(=O)N(CCN(C)C)c2nc3cc4c(cc3s2)OCO4)cc1.Cl. The Hall–Kier alpha value is -2.44. The zero-order valence-electron chi connectivity index (χ0n) is 21.5. The van der Waals surface area contributed by atoms with Crippen LogP contribution in [0.1, 0.15) is 37.0 Å². The minimum absolute atomic E-state index is 0. The second kappa shape index (κ2) is 12.4. The Morgan fingerprint density at radius 2 is 1.59 bits per heavy atom. The van der Waals surface area contributed by atoms with E-state index in [0.717, 1.165) is 23.1 Å². The first kappa shape index (κ1) is 29.1. The molecule has 12 heteroatoms. The van der Waals surface area contributed by atoms with E-state index in [-0.39, 0.29) is 30.0 Å². The number of carbonyl (C=O) groups is 1. The van der Waals surface area contributed by atoms with Crippen molar-refractivity contribution in [3.8, 4) is 11.5 Å². The van der Waals surface area contributed by atoms with Gasteiger partial charge in [-0.1, -0.05) is 25.2 Å². The van der Waals surface area contributed by atoms with Crippen molar-refractivity contribution in [2.75, 3.05) is 52.0 Å². The number of ether oxygens (including phenoxy) is 2. The van der Waals surface area contributed by atoms with Crippen LogP contribution < -0.4 is 14.4 Å². The topological polar surface area (TPSA) is 92.3 Å². The molecule has 1 aromatic heterocycles. The molecule has 0 aliphatic carbocycles. The molecular formula is C25H33ClN4O5S2. The number of halogens is 1. The highest BCUT2D eigenvalue weighted by Crippen LogP contribution is 2.40. The lowest BCUT2D eigenvalue weighted by Crippen LogP contribution is -2.36. The molecule has 1 aliphatic heterocycles. The van der Waals surface area contributed by atoms with E-state index in [9.17, 15) is 13.2 Å². The van der Waals surface area contributed by atoms with Gasteiger partial charge in [-0.25, -0.2) is 13.4 Å². The molecule has 202 valence electrons. The summed E-state index contributed by atoms with van der Waals surface area (Å²) in [5.41, 5.74) is 1.13. The Kier molecular flexibility index (Phi) is 9.76. The number of likely N-dealkylation sites (N-methyl/N-ethyl adjacent to an activating group) is 1. The number of hydrogen-bond donors (Lipinski definition) is 0. The summed E-state index contributed by atoms with van der Waals surface area (Å²) >= 11 is 1.41. The van der Waals surface area contributed by atoms with Crippen LogP contribution in [0.25, 0.3) is 10.2 Å². The molecular weight excluding hydrogens is 536 g/mol. The van der Waals surface area contributed by atoms with Crippen LogP contribution in [-0.2, 0) is 10.0 Å². The predicted molar refractivity (Wildman–Crippen MR) is 149 cm³/mol. The van der Waals surface area contributed by atoms with E-state index >= 15 is 0 Å². The number of aromatic nitrogens is 1. The summed E-state index contributed by atoms with van der Waals surface area (Å²) in [7, 11) is 0.269. The van der Waals surface area contributed by atoms with Crippen molar-refractivity contribution in [2.24, 2.45) is 0 Å². The minimum Gasteiger partial charge on any atom is -0.454 e. The molecule has 1 aliphatic rings. The van der Waals surface area contributed by atoms with Crippen molar-refractivity contribution in [2.45, 2.75) is 31.6 Å². The lowest BCUT2D eigenvalue weighted by atomic mass is 10.2. The second-order valence-electron chi connectivity index (χ2n) is 8.86. The van der Waals surface area contributed by atoms with Crippen LogP contribution in [0.4, 0.5) is 5.13 Å². The highest BCUT2D eigenvalue weighted by atomic mass is 35.5. The maximum atomic E-state index is 13.6. The zero-order chi connectivity index (χ0) is 25.9. The van der Waals surface area contributed by atoms with Gasteiger partial charge in [-0.15, -0.1) is 12.4 Å². The summed E-state index contributed by atoms with van der Waals surface area (Å²) in [5, 5.41) is 0.564. The molecule has 0 N–H and O–H groups in total. The maximum absolute atomic E-state index is 13.6. The third kappa shape index (κ3) is 6.35. The van der Waals surface area contributed by atoms with Crippen LogP contribution in [0.15, 0.2) is 41.3 Å². The molecule has 0 spiro atoms. The van der Waals surface area contributed by atoms with E-state index in [4.69, 9.17) is 14.5 Å². The molecule has 37 heavy (non-hydrogen) atoms. The van der Waals surface area contributed by atoms with Crippen LogP contribution in [0.3, 0.4) is 0 Å². The molecule has 0 fully saturated rings. The number of carbonyl (C=O) groups excluding carboxylic acids is 1. The highest BCUT2D eigenvalue weighted by molar-refractivity contribution is 7.89. The number of thiazole rings is 1. The van der Waals surface area contributed by atoms with Gasteiger partial charge in [0.2, 0.25) is 16.8 Å². The van der Waals surface area contributed by atoms with Crippen LogP contribution in [0, 0.1) is 0 Å². The number of nitrogens with zero attached hydrogens (tertiary/aromatic N) is 4. The molecule has 0 saturated heterocycles. The van der Waals surface area contributed by atoms with Gasteiger partial charge in [0.25, 0.3) is 5.91 Å². The average Bonchev–Trinajstić information content (AvgIpc) is 3.48. The van der Waals surface area contributed by atoms with Crippen molar-refractivity contribution in [3.63, 3.8) is 0 Å². The number of hydrogen-bond acceptors (Lipinski definition) is 8. The minimum atomic E-state index is -3.62. The van der Waals surface area contributed by atoms with Crippen LogP contribution in [0.5, 0.6) is 11.5 Å². The van der Waals surface area contributed by atoms with E-state index in [0.29, 0.717) is 48.4 Å². The Morgan fingerprint density at radius 3 is 2.19 bits per heavy atom. The maximum Gasteiger partial charge on any atom is 0.260 e. The fraction of sp³-hybridized carbons (Fsp3) is 0.440. The van der Waals surface area contributed by atoms with Crippen molar-refractivity contribution < 1.29 is 22.7 Å². The van der Waals surface area contributed by atoms with Crippen molar-refractivity contribution in [1.82, 2.24) is 14.2 Å². The molecule has 2 aromatic carbocycles. The lowest BCUT2D eigenvalue weighted by Gasteiger charge is -2.23. The van der Waals surface area contributed by atoms with Gasteiger partial charge in [0.05, 0.1) is 15.1 Å². The van der Waals surface area contributed by atoms with Gasteiger partial charge in [0.1, 0.15) is 0 Å². The first-order valence-corrected chi connectivity index (χ1v) is 14.3. The number of anilines is 1. The normalized spacial score (nSPS) is 12.8. The smallest absolute Gasteiger partial charge is 0.260 e. The Labute approximate surface area is 228 Å². The van der Waals surface area contributed by atoms with Gasteiger partial charge in [0, 0.05) is 43.9 Å². The summed E-state index contributed by atoms with van der Waals surface area (Å²) in [4.78, 5) is 22.1. The molecule has 3 aromatic rings. The fourth-order valence-corrected chi connectivity index (χ4v) is 6.55. The van der Waals surface area contributed by atoms with E-state index in [1.165, 1.54) is 27.8 Å². The van der Waals surface area contributed by atoms with Gasteiger partial charge in [-0.3, -0.25) is 9.69 Å². The zero-order valence-corrected chi connectivity index (χ0v) is 23.9. The largest absolute Gasteiger partial charge is 0.454 e. The molecule has 0 atom stereocenters. The van der Waals surface area contributed by atoms with Crippen molar-refractivity contribution in [1.29, 1.82) is 0 Å². The average molecular weight is 569 g/mol. The first-order valence-electron chi connectivity index (χ1n) is 12.0. The van der Waals surface area contributed by atoms with Gasteiger partial charge in [-0.2, -0.15) is 4.31 Å². The number of sulfonamides is 1. The van der Waals surface area contributed by atoms with Crippen molar-refractivity contribution >= 4 is 55.0 Å². The number of benzene rings is 2. The molecule has 2 heterocycles. The predicted octanol–water partition coefficient (Wildman–Crippen LogP) is 4.47. The summed E-state index contributed by atoms with van der Waals surface area (Å²) in [5.74, 6) is 1.07. The van der Waals surface area contributed by atoms with Gasteiger partial charge < -0.3 is 14.4 Å². The molecule has 9 nitrogen and oxygen atoms in total. The van der Waals surface area contributed by atoms with Crippen molar-refractivity contribution in [3.05, 3.63) is 42.0 Å². The van der Waals surface area contributed by atoms with Crippen LogP contribution in [-0.4, -0.2) is 75.6 Å². The third-order valence-corrected chi connectivity index (χ3v) is 8.76. The molecule has 0 bridgehead atoms. The summed E-state index contributed by atoms with van der Waals surface area (Å²) in [6.45, 7) is 6.10. The number of fused-ring (bicyclic) bond motifs is 2. The quantitative estimate of drug-likeness (QED) is 0.337. The molecule has 1 amide bonds. The fourth-order valence-electron chi connectivity index (χ4n) is 3.93. The van der Waals surface area contributed by atoms with Gasteiger partial charge >= 0.3 is 0 Å². The molecule has 0 radical (unpaired) electrons. The third-order valence-electron chi connectivity index (χ3n) is 5.80. The molecule has 0 saturated carbocycles. The summed E-state index contributed by atoms with van der Waals surface area (Å²) < 4.78 is 39.5. The van der Waals surface area contributed by atoms with Gasteiger partial charge in [-0.05, 0) is 51.2 Å². The first-order chi connectivity index (χ1) is 17.2. The van der Waals surface area contributed by atoms with Gasteiger partial charge in [0.15, 0.2) is 16.6 Å². The number of rotatable bonds is 11. The summed E-state index contributed by atoms with van der Waals surface area (Å²) in [6.07, 6.45) is 1.47. The van der Waals surface area contributed by atoms with Crippen LogP contribution >= 0.6 is 23.7 Å². The van der Waals surface area contributed by atoms with E-state index < -0.39 is 10.0 Å². The Bertz CT molecular complexity index is 1280. The summed E-state index contributed by atoms with van der Waals surface area (Å²) in [6, 6.07) is 9.90. The lowest BCUT2D eigenvalue weighted by molar-refractivity contribution is 0.0985. The van der Waals surface area contributed by atoms with Crippen LogP contribution in [0.2, 0.25) is 0 Å². The Morgan fingerprint density at radius 1 is 0.973 bits per heavy atom. The van der Waals surface area contributed by atoms with E-state index in [2.05, 4.69) is 0 Å². The van der Waals surface area contributed by atoms with E-state index in [1.54, 1.807) is 17.0 Å². The molecule has 4 rings (SSSR count). The Balaban J connectivity index is 0.00000380. The van der Waals surface area contributed by atoms with E-state index in [1.807, 2.05) is 45.0 Å². The highest BCUT2D eigenvalue weighted by Gasteiger charge is 2.26. The molecule has 0 unspecified atom stereocenters. The number of amides is 1.